The van der Waals surface area contributed by atoms with Gasteiger partial charge in [0.1, 0.15) is 17.6 Å². The van der Waals surface area contributed by atoms with Crippen LogP contribution < -0.4 is 15.5 Å². The number of rotatable bonds is 6. The molecule has 0 bridgehead atoms. The average Bonchev–Trinajstić information content (AvgIpc) is 2.62. The molecule has 0 saturated carbocycles. The van der Waals surface area contributed by atoms with Crippen LogP contribution >= 0.6 is 24.0 Å². The van der Waals surface area contributed by atoms with Gasteiger partial charge >= 0.3 is 0 Å². The smallest absolute Gasteiger partial charge is 0.256 e. The number of thioether (sulfide) groups is 1. The van der Waals surface area contributed by atoms with Gasteiger partial charge < -0.3 is 15.0 Å². The second-order valence-corrected chi connectivity index (χ2v) is 6.69. The molecule has 130 valence electrons. The van der Waals surface area contributed by atoms with Crippen LogP contribution in [-0.2, 0) is 4.74 Å². The molecule has 1 fully saturated rings. The summed E-state index contributed by atoms with van der Waals surface area (Å²) in [5.74, 6) is 1.83. The Balaban J connectivity index is 1.98. The highest BCUT2D eigenvalue weighted by Crippen LogP contribution is 2.24. The maximum Gasteiger partial charge on any atom is 0.256 e. The number of nitrogens with one attached hydrogen (secondary N) is 2. The van der Waals surface area contributed by atoms with Gasteiger partial charge in [-0.1, -0.05) is 0 Å². The highest BCUT2D eigenvalue weighted by atomic mass is 32.2. The van der Waals surface area contributed by atoms with E-state index in [1.807, 2.05) is 17.8 Å². The molecule has 0 unspecified atom stereocenters. The largest absolute Gasteiger partial charge is 0.474 e. The van der Waals surface area contributed by atoms with Crippen molar-refractivity contribution >= 4 is 40.5 Å². The third-order valence-corrected chi connectivity index (χ3v) is 4.79. The molecule has 9 heteroatoms. The highest BCUT2D eigenvalue weighted by molar-refractivity contribution is 7.99. The first-order valence-electron chi connectivity index (χ1n) is 7.49. The topological polar surface area (TPSA) is 77.3 Å². The van der Waals surface area contributed by atoms with Gasteiger partial charge in [-0.15, -0.1) is 0 Å². The molecule has 2 rings (SSSR count). The molecule has 0 radical (unpaired) electrons. The van der Waals surface area contributed by atoms with E-state index in [4.69, 9.17) is 22.5 Å². The molecule has 1 aliphatic rings. The molecule has 0 aromatic heterocycles. The highest BCUT2D eigenvalue weighted by Gasteiger charge is 2.15. The number of ether oxygens (including phenoxy) is 1. The van der Waals surface area contributed by atoms with Crippen molar-refractivity contribution in [2.75, 3.05) is 43.1 Å². The van der Waals surface area contributed by atoms with Crippen LogP contribution in [-0.4, -0.2) is 43.4 Å². The summed E-state index contributed by atoms with van der Waals surface area (Å²) in [6.45, 7) is 2.02. The van der Waals surface area contributed by atoms with Crippen molar-refractivity contribution in [1.29, 1.82) is 5.53 Å². The van der Waals surface area contributed by atoms with Crippen LogP contribution in [0.4, 0.5) is 15.8 Å². The number of thiocarbonyl (C=S) groups is 1. The number of halogens is 1. The number of quaternary nitrogens is 1. The standard InChI is InChI=1S/C15H20FN5OS2/c1-22-15(23)19-10-12(20-17)9-18-11-2-3-14(13(16)8-11)21-4-6-24-7-5-21/h2-3,8-9,17-18H,4-7,10H2,1H3,(H,19,23)/p+1/b12-9-,20-17?. The second-order valence-electron chi connectivity index (χ2n) is 5.09. The molecule has 1 aromatic carbocycles. The van der Waals surface area contributed by atoms with Crippen LogP contribution in [0.5, 0.6) is 0 Å². The van der Waals surface area contributed by atoms with E-state index >= 15 is 0 Å². The predicted molar refractivity (Wildman–Crippen MR) is 98.4 cm³/mol. The van der Waals surface area contributed by atoms with Crippen molar-refractivity contribution < 1.29 is 14.4 Å². The lowest BCUT2D eigenvalue weighted by molar-refractivity contribution is -0.497. The van der Waals surface area contributed by atoms with Crippen LogP contribution in [0.25, 0.3) is 0 Å². The molecular formula is C15H21FN5OS2+. The Bertz CT molecular complexity index is 620. The fourth-order valence-electron chi connectivity index (χ4n) is 2.25. The summed E-state index contributed by atoms with van der Waals surface area (Å²) in [5.41, 5.74) is 9.00. The van der Waals surface area contributed by atoms with Gasteiger partial charge in [-0.3, -0.25) is 5.32 Å². The van der Waals surface area contributed by atoms with E-state index in [1.54, 1.807) is 17.6 Å². The number of nitrogens with two attached hydrogens (primary N) is 1. The Morgan fingerprint density at radius 3 is 2.92 bits per heavy atom. The van der Waals surface area contributed by atoms with E-state index in [2.05, 4.69) is 15.3 Å². The fraction of sp³-hybridized carbons (Fsp3) is 0.400. The SMILES string of the molecule is COC(=S)NC/C(=C/[NH2+]c1ccc(N2CCSCC2)c(F)c1)N=N. The molecule has 1 aromatic rings. The maximum atomic E-state index is 14.3. The molecule has 0 spiro atoms. The third kappa shape index (κ3) is 5.43. The number of anilines is 1. The van der Waals surface area contributed by atoms with Crippen molar-refractivity contribution in [1.82, 2.24) is 5.32 Å². The van der Waals surface area contributed by atoms with Gasteiger partial charge in [-0.2, -0.15) is 16.9 Å². The van der Waals surface area contributed by atoms with E-state index in [0.717, 1.165) is 30.3 Å². The predicted octanol–water partition coefficient (Wildman–Crippen LogP) is 1.97. The van der Waals surface area contributed by atoms with Gasteiger partial charge in [-0.05, 0) is 18.3 Å². The van der Waals surface area contributed by atoms with Gasteiger partial charge in [-0.25, -0.2) is 9.92 Å². The normalized spacial score (nSPS) is 15.1. The first-order valence-corrected chi connectivity index (χ1v) is 9.05. The van der Waals surface area contributed by atoms with Crippen molar-refractivity contribution in [2.24, 2.45) is 5.11 Å². The molecule has 1 saturated heterocycles. The van der Waals surface area contributed by atoms with Crippen molar-refractivity contribution in [2.45, 2.75) is 0 Å². The lowest BCUT2D eigenvalue weighted by atomic mass is 10.2. The number of hydrogen-bond acceptors (Lipinski definition) is 6. The summed E-state index contributed by atoms with van der Waals surface area (Å²) in [6, 6.07) is 5.18. The Kier molecular flexibility index (Phi) is 7.41. The molecule has 0 aliphatic carbocycles. The number of methoxy groups -OCH3 is 1. The van der Waals surface area contributed by atoms with Crippen LogP contribution in [0.2, 0.25) is 0 Å². The van der Waals surface area contributed by atoms with Crippen LogP contribution in [0, 0.1) is 11.3 Å². The molecule has 0 atom stereocenters. The monoisotopic (exact) mass is 370 g/mol. The molecule has 4 N–H and O–H groups in total. The first kappa shape index (κ1) is 18.6. The van der Waals surface area contributed by atoms with E-state index in [0.29, 0.717) is 11.4 Å². The van der Waals surface area contributed by atoms with Crippen LogP contribution in [0.3, 0.4) is 0 Å². The Morgan fingerprint density at radius 1 is 1.54 bits per heavy atom. The summed E-state index contributed by atoms with van der Waals surface area (Å²) in [6.07, 6.45) is 1.66. The van der Waals surface area contributed by atoms with Gasteiger partial charge in [0, 0.05) is 36.7 Å². The molecule has 6 nitrogen and oxygen atoms in total. The maximum absolute atomic E-state index is 14.3. The van der Waals surface area contributed by atoms with Gasteiger partial charge in [0.2, 0.25) is 0 Å². The van der Waals surface area contributed by atoms with Crippen LogP contribution in [0.15, 0.2) is 35.2 Å². The summed E-state index contributed by atoms with van der Waals surface area (Å²) in [7, 11) is 1.47. The minimum atomic E-state index is -0.230. The van der Waals surface area contributed by atoms with Crippen molar-refractivity contribution in [3.05, 3.63) is 35.9 Å². The van der Waals surface area contributed by atoms with Crippen LogP contribution in [0.1, 0.15) is 0 Å². The first-order chi connectivity index (χ1) is 11.6. The minimum Gasteiger partial charge on any atom is -0.474 e. The Hall–Kier alpha value is -1.71. The van der Waals surface area contributed by atoms with Crippen molar-refractivity contribution in [3.8, 4) is 0 Å². The lowest BCUT2D eigenvalue weighted by Gasteiger charge is -2.28. The van der Waals surface area contributed by atoms with E-state index < -0.39 is 0 Å². The number of benzene rings is 1. The van der Waals surface area contributed by atoms with Crippen molar-refractivity contribution in [3.63, 3.8) is 0 Å². The zero-order chi connectivity index (χ0) is 17.4. The number of nitrogens with zero attached hydrogens (tertiary/aromatic N) is 2. The fourth-order valence-corrected chi connectivity index (χ4v) is 3.23. The quantitative estimate of drug-likeness (QED) is 0.405. The zero-order valence-corrected chi connectivity index (χ0v) is 15.1. The zero-order valence-electron chi connectivity index (χ0n) is 13.4. The summed E-state index contributed by atoms with van der Waals surface area (Å²) in [5, 5.41) is 8.19. The van der Waals surface area contributed by atoms with E-state index in [9.17, 15) is 4.39 Å². The molecular weight excluding hydrogens is 349 g/mol. The summed E-state index contributed by atoms with van der Waals surface area (Å²) in [4.78, 5) is 2.08. The van der Waals surface area contributed by atoms with E-state index in [-0.39, 0.29) is 17.5 Å². The molecule has 24 heavy (non-hydrogen) atoms. The summed E-state index contributed by atoms with van der Waals surface area (Å²) < 4.78 is 19.2. The summed E-state index contributed by atoms with van der Waals surface area (Å²) >= 11 is 6.76. The Labute approximate surface area is 150 Å². The second kappa shape index (κ2) is 9.55. The van der Waals surface area contributed by atoms with Gasteiger partial charge in [0.15, 0.2) is 5.82 Å². The van der Waals surface area contributed by atoms with Gasteiger partial charge in [0.25, 0.3) is 5.17 Å². The van der Waals surface area contributed by atoms with E-state index in [1.165, 1.54) is 13.2 Å². The lowest BCUT2D eigenvalue weighted by Crippen LogP contribution is -2.71. The number of hydrogen-bond donors (Lipinski definition) is 3. The average molecular weight is 370 g/mol. The third-order valence-electron chi connectivity index (χ3n) is 3.53. The molecule has 0 amide bonds. The molecule has 1 heterocycles. The minimum absolute atomic E-state index is 0.230. The van der Waals surface area contributed by atoms with Gasteiger partial charge in [0.05, 0.1) is 19.3 Å². The molecule has 1 aliphatic heterocycles. The Morgan fingerprint density at radius 2 is 2.29 bits per heavy atom.